The van der Waals surface area contributed by atoms with Crippen LogP contribution in [0.4, 0.5) is 5.69 Å². The molecular weight excluding hydrogens is 399 g/mol. The molecule has 0 bridgehead atoms. The fourth-order valence-corrected chi connectivity index (χ4v) is 3.97. The number of fused-ring (bicyclic) bond motifs is 1. The number of nitrogens with one attached hydrogen (secondary N) is 1. The Morgan fingerprint density at radius 1 is 1.38 bits per heavy atom. The fourth-order valence-electron chi connectivity index (χ4n) is 2.38. The number of carbonyl (C=O) groups is 1. The van der Waals surface area contributed by atoms with Crippen molar-refractivity contribution in [2.75, 3.05) is 5.32 Å². The first-order chi connectivity index (χ1) is 10.2. The summed E-state index contributed by atoms with van der Waals surface area (Å²) in [5, 5.41) is 2.97. The van der Waals surface area contributed by atoms with Crippen LogP contribution in [-0.2, 0) is 0 Å². The summed E-state index contributed by atoms with van der Waals surface area (Å²) in [6.45, 7) is 0. The van der Waals surface area contributed by atoms with Gasteiger partial charge in [0.2, 0.25) is 0 Å². The summed E-state index contributed by atoms with van der Waals surface area (Å²) in [6.07, 6.45) is 4.25. The van der Waals surface area contributed by atoms with E-state index in [4.69, 9.17) is 0 Å². The van der Waals surface area contributed by atoms with E-state index >= 15 is 0 Å². The van der Waals surface area contributed by atoms with E-state index < -0.39 is 0 Å². The van der Waals surface area contributed by atoms with Gasteiger partial charge in [-0.25, -0.2) is 0 Å². The molecule has 0 saturated heterocycles. The number of aromatic nitrogens is 3. The predicted molar refractivity (Wildman–Crippen MR) is 84.8 cm³/mol. The molecule has 1 aliphatic rings. The van der Waals surface area contributed by atoms with Crippen molar-refractivity contribution in [3.05, 3.63) is 40.6 Å². The summed E-state index contributed by atoms with van der Waals surface area (Å²) in [5.41, 5.74) is 3.09. The van der Waals surface area contributed by atoms with E-state index in [1.165, 1.54) is 0 Å². The number of hydrogen-bond acceptors (Lipinski definition) is 3. The normalized spacial score (nSPS) is 14.5. The molecule has 0 aliphatic heterocycles. The monoisotopic (exact) mass is 410 g/mol. The summed E-state index contributed by atoms with van der Waals surface area (Å²) in [4.78, 5) is 12.6. The number of hydrogen-bond donors (Lipinski definition) is 1. The molecule has 1 aliphatic carbocycles. The standard InChI is InChI=1S/C14H11BrN4OSe/c15-8-6-12(19(7-8)9-4-5-9)14(20)16-10-2-1-3-11-13(10)18-21-17-11/h1-3,6-7,9H,4-5H2,(H,16,20). The maximum atomic E-state index is 12.6. The van der Waals surface area contributed by atoms with Crippen LogP contribution >= 0.6 is 15.9 Å². The topological polar surface area (TPSA) is 59.8 Å². The van der Waals surface area contributed by atoms with Crippen molar-refractivity contribution in [1.29, 1.82) is 0 Å². The molecule has 5 nitrogen and oxygen atoms in total. The van der Waals surface area contributed by atoms with E-state index in [9.17, 15) is 4.79 Å². The maximum absolute atomic E-state index is 12.6. The van der Waals surface area contributed by atoms with Gasteiger partial charge in [0, 0.05) is 0 Å². The Kier molecular flexibility index (Phi) is 3.21. The van der Waals surface area contributed by atoms with Crippen LogP contribution in [0.1, 0.15) is 29.4 Å². The first-order valence-electron chi connectivity index (χ1n) is 6.62. The Bertz CT molecular complexity index is 836. The van der Waals surface area contributed by atoms with Crippen LogP contribution < -0.4 is 5.32 Å². The van der Waals surface area contributed by atoms with Gasteiger partial charge >= 0.3 is 136 Å². The molecule has 106 valence electrons. The summed E-state index contributed by atoms with van der Waals surface area (Å²) >= 11 is 3.35. The van der Waals surface area contributed by atoms with Gasteiger partial charge in [-0.15, -0.1) is 0 Å². The van der Waals surface area contributed by atoms with Crippen LogP contribution in [0.3, 0.4) is 0 Å². The van der Waals surface area contributed by atoms with Crippen LogP contribution in [-0.4, -0.2) is 33.4 Å². The number of nitrogens with zero attached hydrogens (tertiary/aromatic N) is 3. The zero-order chi connectivity index (χ0) is 14.4. The number of amides is 1. The third-order valence-corrected chi connectivity index (χ3v) is 5.09. The minimum absolute atomic E-state index is 0.0968. The van der Waals surface area contributed by atoms with Crippen molar-refractivity contribution in [2.45, 2.75) is 18.9 Å². The van der Waals surface area contributed by atoms with Crippen molar-refractivity contribution < 1.29 is 4.79 Å². The van der Waals surface area contributed by atoms with E-state index in [0.717, 1.165) is 34.0 Å². The third-order valence-electron chi connectivity index (χ3n) is 3.52. The van der Waals surface area contributed by atoms with E-state index in [0.29, 0.717) is 11.7 Å². The Morgan fingerprint density at radius 2 is 2.24 bits per heavy atom. The number of benzene rings is 1. The minimum atomic E-state index is -0.101. The zero-order valence-electron chi connectivity index (χ0n) is 10.9. The second-order valence-corrected chi connectivity index (χ2v) is 7.10. The summed E-state index contributed by atoms with van der Waals surface area (Å²) in [5.74, 6) is -0.101. The van der Waals surface area contributed by atoms with E-state index in [-0.39, 0.29) is 20.9 Å². The van der Waals surface area contributed by atoms with Gasteiger partial charge < -0.3 is 0 Å². The van der Waals surface area contributed by atoms with Gasteiger partial charge in [0.25, 0.3) is 0 Å². The van der Waals surface area contributed by atoms with Crippen LogP contribution in [0.5, 0.6) is 0 Å². The molecule has 0 atom stereocenters. The van der Waals surface area contributed by atoms with Crippen molar-refractivity contribution >= 4 is 53.5 Å². The third kappa shape index (κ3) is 2.46. The van der Waals surface area contributed by atoms with Crippen LogP contribution in [0.2, 0.25) is 0 Å². The Hall–Kier alpha value is -1.43. The molecule has 2 aromatic heterocycles. The van der Waals surface area contributed by atoms with Gasteiger partial charge in [0.05, 0.1) is 0 Å². The van der Waals surface area contributed by atoms with Crippen molar-refractivity contribution in [3.8, 4) is 0 Å². The quantitative estimate of drug-likeness (QED) is 0.676. The van der Waals surface area contributed by atoms with Gasteiger partial charge in [-0.05, 0) is 0 Å². The molecule has 0 spiro atoms. The predicted octanol–water partition coefficient (Wildman–Crippen LogP) is 2.84. The molecule has 2 heterocycles. The molecule has 3 aromatic rings. The summed E-state index contributed by atoms with van der Waals surface area (Å²) in [6, 6.07) is 8.01. The Labute approximate surface area is 135 Å². The SMILES string of the molecule is O=C(Nc1cccc2n[se]nc12)c1cc(Br)cn1C1CC1. The summed E-state index contributed by atoms with van der Waals surface area (Å²) in [7, 11) is 0. The fraction of sp³-hybridized carbons (Fsp3) is 0.214. The molecule has 1 fully saturated rings. The molecule has 7 heteroatoms. The van der Waals surface area contributed by atoms with Gasteiger partial charge in [0.1, 0.15) is 0 Å². The number of rotatable bonds is 3. The van der Waals surface area contributed by atoms with E-state index in [1.54, 1.807) is 0 Å². The van der Waals surface area contributed by atoms with Gasteiger partial charge in [-0.2, -0.15) is 0 Å². The summed E-state index contributed by atoms with van der Waals surface area (Å²) < 4.78 is 11.7. The van der Waals surface area contributed by atoms with Crippen LogP contribution in [0, 0.1) is 0 Å². The molecule has 1 saturated carbocycles. The van der Waals surface area contributed by atoms with Gasteiger partial charge in [0.15, 0.2) is 0 Å². The number of anilines is 1. The zero-order valence-corrected chi connectivity index (χ0v) is 14.2. The average molecular weight is 410 g/mol. The van der Waals surface area contributed by atoms with Crippen LogP contribution in [0.25, 0.3) is 11.0 Å². The molecule has 0 unspecified atom stereocenters. The molecule has 0 radical (unpaired) electrons. The first-order valence-corrected chi connectivity index (χ1v) is 8.95. The first kappa shape index (κ1) is 13.2. The second-order valence-electron chi connectivity index (χ2n) is 5.07. The average Bonchev–Trinajstić information content (AvgIpc) is 3.06. The van der Waals surface area contributed by atoms with E-state index in [2.05, 4.69) is 29.2 Å². The molecular formula is C14H11BrN4OSe. The molecule has 4 rings (SSSR count). The molecule has 1 N–H and O–H groups in total. The second kappa shape index (κ2) is 5.09. The Morgan fingerprint density at radius 3 is 3.05 bits per heavy atom. The van der Waals surface area contributed by atoms with Crippen LogP contribution in [0.15, 0.2) is 34.9 Å². The molecule has 1 amide bonds. The Balaban J connectivity index is 1.68. The number of carbonyl (C=O) groups excluding carboxylic acids is 1. The van der Waals surface area contributed by atoms with Gasteiger partial charge in [-0.1, -0.05) is 0 Å². The van der Waals surface area contributed by atoms with Crippen molar-refractivity contribution in [3.63, 3.8) is 0 Å². The molecule has 1 aromatic carbocycles. The van der Waals surface area contributed by atoms with E-state index in [1.807, 2.05) is 35.0 Å². The molecule has 21 heavy (non-hydrogen) atoms. The van der Waals surface area contributed by atoms with Gasteiger partial charge in [-0.3, -0.25) is 0 Å². The number of halogens is 1. The van der Waals surface area contributed by atoms with Crippen molar-refractivity contribution in [2.24, 2.45) is 0 Å². The van der Waals surface area contributed by atoms with Crippen molar-refractivity contribution in [1.82, 2.24) is 12.5 Å².